The number of nitrogens with one attached hydrogen (secondary N) is 1. The lowest BCUT2D eigenvalue weighted by Gasteiger charge is -2.15. The SMILES string of the molecule is COC(=O)CCCC#Cc1ccc(C[C@H](NC(=O)c2ccc(S(N)(=O)=O)cc2)C(=O)O)cc1. The number of carboxylic acids is 1. The molecule has 0 fully saturated rings. The maximum atomic E-state index is 12.4. The number of carboxylic acid groups (broad SMARTS) is 1. The number of benzene rings is 2. The molecule has 0 bridgehead atoms. The molecule has 1 amide bonds. The van der Waals surface area contributed by atoms with Crippen LogP contribution in [0.1, 0.15) is 40.7 Å². The number of primary sulfonamides is 1. The van der Waals surface area contributed by atoms with Gasteiger partial charge < -0.3 is 15.2 Å². The van der Waals surface area contributed by atoms with E-state index in [1.165, 1.54) is 31.4 Å². The summed E-state index contributed by atoms with van der Waals surface area (Å²) in [4.78, 5) is 34.9. The van der Waals surface area contributed by atoms with Crippen molar-refractivity contribution in [3.63, 3.8) is 0 Å². The van der Waals surface area contributed by atoms with Gasteiger partial charge >= 0.3 is 11.9 Å². The Balaban J connectivity index is 1.97. The van der Waals surface area contributed by atoms with Crippen molar-refractivity contribution in [2.45, 2.75) is 36.6 Å². The van der Waals surface area contributed by atoms with Gasteiger partial charge in [0, 0.05) is 30.4 Å². The van der Waals surface area contributed by atoms with E-state index in [4.69, 9.17) is 5.14 Å². The van der Waals surface area contributed by atoms with Gasteiger partial charge in [0.2, 0.25) is 10.0 Å². The van der Waals surface area contributed by atoms with Crippen LogP contribution >= 0.6 is 0 Å². The third kappa shape index (κ3) is 8.40. The van der Waals surface area contributed by atoms with Gasteiger partial charge in [0.15, 0.2) is 0 Å². The number of methoxy groups -OCH3 is 1. The van der Waals surface area contributed by atoms with Crippen LogP contribution < -0.4 is 10.5 Å². The molecule has 0 saturated carbocycles. The fourth-order valence-electron chi connectivity index (χ4n) is 2.79. The molecule has 2 rings (SSSR count). The van der Waals surface area contributed by atoms with E-state index in [2.05, 4.69) is 21.9 Å². The molecule has 1 atom stereocenters. The van der Waals surface area contributed by atoms with Gasteiger partial charge in [0.1, 0.15) is 6.04 Å². The maximum Gasteiger partial charge on any atom is 0.326 e. The van der Waals surface area contributed by atoms with Crippen LogP contribution in [0.15, 0.2) is 53.4 Å². The Labute approximate surface area is 192 Å². The van der Waals surface area contributed by atoms with Gasteiger partial charge in [-0.25, -0.2) is 18.4 Å². The average molecular weight is 473 g/mol. The number of hydrogen-bond donors (Lipinski definition) is 3. The lowest BCUT2D eigenvalue weighted by atomic mass is 10.0. The number of amides is 1. The molecule has 0 aliphatic heterocycles. The number of sulfonamides is 1. The summed E-state index contributed by atoms with van der Waals surface area (Å²) in [5, 5.41) is 16.9. The molecule has 2 aromatic rings. The normalized spacial score (nSPS) is 11.6. The van der Waals surface area contributed by atoms with Crippen molar-refractivity contribution in [3.05, 3.63) is 65.2 Å². The van der Waals surface area contributed by atoms with E-state index in [-0.39, 0.29) is 22.8 Å². The summed E-state index contributed by atoms with van der Waals surface area (Å²) in [6.07, 6.45) is 1.50. The number of unbranched alkanes of at least 4 members (excludes halogenated alkanes) is 1. The Morgan fingerprint density at radius 1 is 1.09 bits per heavy atom. The molecule has 0 saturated heterocycles. The number of carbonyl (C=O) groups is 3. The molecule has 10 heteroatoms. The van der Waals surface area contributed by atoms with Gasteiger partial charge in [-0.3, -0.25) is 9.59 Å². The van der Waals surface area contributed by atoms with Crippen molar-refractivity contribution in [1.29, 1.82) is 0 Å². The summed E-state index contributed by atoms with van der Waals surface area (Å²) in [6.45, 7) is 0. The number of hydrogen-bond acceptors (Lipinski definition) is 6. The first-order chi connectivity index (χ1) is 15.6. The summed E-state index contributed by atoms with van der Waals surface area (Å²) in [7, 11) is -2.56. The third-order valence-corrected chi connectivity index (χ3v) is 5.51. The second kappa shape index (κ2) is 11.8. The van der Waals surface area contributed by atoms with Crippen LogP contribution in [-0.4, -0.2) is 44.5 Å². The minimum Gasteiger partial charge on any atom is -0.480 e. The van der Waals surface area contributed by atoms with E-state index in [0.29, 0.717) is 24.8 Å². The quantitative estimate of drug-likeness (QED) is 0.284. The van der Waals surface area contributed by atoms with Crippen LogP contribution in [0.25, 0.3) is 0 Å². The molecule has 0 aliphatic carbocycles. The highest BCUT2D eigenvalue weighted by molar-refractivity contribution is 7.89. The summed E-state index contributed by atoms with van der Waals surface area (Å²) >= 11 is 0. The lowest BCUT2D eigenvalue weighted by molar-refractivity contribution is -0.141. The van der Waals surface area contributed by atoms with Gasteiger partial charge in [-0.1, -0.05) is 24.0 Å². The highest BCUT2D eigenvalue weighted by Crippen LogP contribution is 2.11. The van der Waals surface area contributed by atoms with Crippen LogP contribution in [0.3, 0.4) is 0 Å². The van der Waals surface area contributed by atoms with E-state index in [1.807, 2.05) is 0 Å². The second-order valence-electron chi connectivity index (χ2n) is 7.07. The van der Waals surface area contributed by atoms with Gasteiger partial charge in [-0.15, -0.1) is 0 Å². The fraction of sp³-hybridized carbons (Fsp3) is 0.261. The van der Waals surface area contributed by atoms with Crippen molar-refractivity contribution >= 4 is 27.9 Å². The molecular weight excluding hydrogens is 448 g/mol. The monoisotopic (exact) mass is 472 g/mol. The summed E-state index contributed by atoms with van der Waals surface area (Å²) < 4.78 is 27.2. The number of esters is 1. The number of nitrogens with two attached hydrogens (primary N) is 1. The molecule has 0 heterocycles. The molecule has 0 aliphatic rings. The number of rotatable bonds is 9. The van der Waals surface area contributed by atoms with Crippen molar-refractivity contribution in [2.24, 2.45) is 5.14 Å². The molecule has 0 unspecified atom stereocenters. The molecule has 0 aromatic heterocycles. The molecule has 4 N–H and O–H groups in total. The van der Waals surface area contributed by atoms with Gasteiger partial charge in [0.05, 0.1) is 12.0 Å². The number of aliphatic carboxylic acids is 1. The fourth-order valence-corrected chi connectivity index (χ4v) is 3.30. The molecular formula is C23H24N2O7S. The minimum atomic E-state index is -3.89. The Morgan fingerprint density at radius 3 is 2.27 bits per heavy atom. The highest BCUT2D eigenvalue weighted by Gasteiger charge is 2.21. The van der Waals surface area contributed by atoms with Gasteiger partial charge in [-0.05, 0) is 48.4 Å². The second-order valence-corrected chi connectivity index (χ2v) is 8.63. The van der Waals surface area contributed by atoms with Crippen molar-refractivity contribution < 1.29 is 32.6 Å². The standard InChI is InChI=1S/C23H24N2O7S/c1-32-21(26)6-4-2-3-5-16-7-9-17(10-8-16)15-20(23(28)29)25-22(27)18-11-13-19(14-12-18)33(24,30)31/h7-14,20H,2,4,6,15H2,1H3,(H,25,27)(H,28,29)(H2,24,30,31)/t20-/m0/s1. The highest BCUT2D eigenvalue weighted by atomic mass is 32.2. The van der Waals surface area contributed by atoms with Crippen molar-refractivity contribution in [2.75, 3.05) is 7.11 Å². The zero-order chi connectivity index (χ0) is 24.4. The first-order valence-corrected chi connectivity index (χ1v) is 11.5. The molecule has 9 nitrogen and oxygen atoms in total. The average Bonchev–Trinajstić information content (AvgIpc) is 2.78. The zero-order valence-corrected chi connectivity index (χ0v) is 18.7. The topological polar surface area (TPSA) is 153 Å². The van der Waals surface area contributed by atoms with Gasteiger partial charge in [0.25, 0.3) is 5.91 Å². The van der Waals surface area contributed by atoms with Crippen LogP contribution in [0.2, 0.25) is 0 Å². The van der Waals surface area contributed by atoms with E-state index in [9.17, 15) is 27.9 Å². The Morgan fingerprint density at radius 2 is 1.73 bits per heavy atom. The number of carbonyl (C=O) groups excluding carboxylic acids is 2. The van der Waals surface area contributed by atoms with Gasteiger partial charge in [-0.2, -0.15) is 0 Å². The van der Waals surface area contributed by atoms with E-state index < -0.39 is 27.9 Å². The Bertz CT molecular complexity index is 1160. The predicted molar refractivity (Wildman–Crippen MR) is 120 cm³/mol. The number of ether oxygens (including phenoxy) is 1. The first-order valence-electron chi connectivity index (χ1n) is 9.91. The first kappa shape index (κ1) is 25.6. The van der Waals surface area contributed by atoms with Crippen molar-refractivity contribution in [1.82, 2.24) is 5.32 Å². The summed E-state index contributed by atoms with van der Waals surface area (Å²) in [6, 6.07) is 10.6. The third-order valence-electron chi connectivity index (χ3n) is 4.59. The lowest BCUT2D eigenvalue weighted by Crippen LogP contribution is -2.42. The van der Waals surface area contributed by atoms with E-state index >= 15 is 0 Å². The molecule has 0 radical (unpaired) electrons. The molecule has 174 valence electrons. The van der Waals surface area contributed by atoms with Crippen molar-refractivity contribution in [3.8, 4) is 11.8 Å². The van der Waals surface area contributed by atoms with E-state index in [0.717, 1.165) is 5.56 Å². The van der Waals surface area contributed by atoms with E-state index in [1.54, 1.807) is 24.3 Å². The summed E-state index contributed by atoms with van der Waals surface area (Å²) in [5.41, 5.74) is 1.53. The zero-order valence-electron chi connectivity index (χ0n) is 17.9. The predicted octanol–water partition coefficient (Wildman–Crippen LogP) is 1.45. The van der Waals surface area contributed by atoms with Crippen LogP contribution in [0.5, 0.6) is 0 Å². The minimum absolute atomic E-state index is 0.0448. The summed E-state index contributed by atoms with van der Waals surface area (Å²) in [5.74, 6) is 3.79. The largest absolute Gasteiger partial charge is 0.480 e. The smallest absolute Gasteiger partial charge is 0.326 e. The Hall–Kier alpha value is -3.68. The maximum absolute atomic E-state index is 12.4. The molecule has 33 heavy (non-hydrogen) atoms. The van der Waals surface area contributed by atoms with Crippen LogP contribution in [-0.2, 0) is 30.8 Å². The molecule has 2 aromatic carbocycles. The Kier molecular flexibility index (Phi) is 9.15. The van der Waals surface area contributed by atoms with Crippen LogP contribution in [0.4, 0.5) is 0 Å². The van der Waals surface area contributed by atoms with Crippen LogP contribution in [0, 0.1) is 11.8 Å². The molecule has 0 spiro atoms.